The number of nitriles is 1. The van der Waals surface area contributed by atoms with Gasteiger partial charge >= 0.3 is 5.97 Å². The Morgan fingerprint density at radius 1 is 1.46 bits per heavy atom. The van der Waals surface area contributed by atoms with Crippen LogP contribution >= 0.6 is 0 Å². The summed E-state index contributed by atoms with van der Waals surface area (Å²) in [7, 11) is 1.48. The molecule has 0 bridgehead atoms. The largest absolute Gasteiger partial charge is 0.495 e. The maximum absolute atomic E-state index is 12.9. The van der Waals surface area contributed by atoms with Crippen LogP contribution in [0.5, 0.6) is 5.75 Å². The summed E-state index contributed by atoms with van der Waals surface area (Å²) < 4.78 is 23.2. The van der Waals surface area contributed by atoms with Crippen molar-refractivity contribution in [3.63, 3.8) is 0 Å². The fourth-order valence-electron chi connectivity index (χ4n) is 2.30. The Balaban J connectivity index is 2.15. The van der Waals surface area contributed by atoms with Crippen molar-refractivity contribution in [3.05, 3.63) is 24.3 Å². The minimum Gasteiger partial charge on any atom is -0.495 e. The molecule has 1 aromatic rings. The number of para-hydroxylation sites is 2. The zero-order valence-corrected chi connectivity index (χ0v) is 13.6. The lowest BCUT2D eigenvalue weighted by molar-refractivity contribution is -0.155. The summed E-state index contributed by atoms with van der Waals surface area (Å²) in [4.78, 5) is 25.7. The van der Waals surface area contributed by atoms with E-state index in [4.69, 9.17) is 14.7 Å². The molecule has 0 saturated heterocycles. The highest BCUT2D eigenvalue weighted by Crippen LogP contribution is 2.35. The molecule has 0 aromatic heterocycles. The van der Waals surface area contributed by atoms with Gasteiger partial charge in [0.1, 0.15) is 11.9 Å². The molecule has 0 aliphatic heterocycles. The minimum atomic E-state index is -1.18. The summed E-state index contributed by atoms with van der Waals surface area (Å²) in [5.74, 6) is -1.49. The van der Waals surface area contributed by atoms with Crippen LogP contribution < -0.4 is 9.64 Å². The molecule has 1 saturated carbocycles. The molecule has 1 amide bonds. The molecule has 1 unspecified atom stereocenters. The number of ether oxygens (including phenoxy) is 2. The van der Waals surface area contributed by atoms with Crippen molar-refractivity contribution in [2.24, 2.45) is 5.92 Å². The first-order valence-corrected chi connectivity index (χ1v) is 7.65. The number of anilines is 1. The molecule has 1 aliphatic rings. The van der Waals surface area contributed by atoms with E-state index in [1.807, 2.05) is 6.07 Å². The lowest BCUT2D eigenvalue weighted by Crippen LogP contribution is -2.41. The smallest absolute Gasteiger partial charge is 0.312 e. The van der Waals surface area contributed by atoms with E-state index < -0.39 is 30.1 Å². The number of halogens is 1. The molecule has 0 heterocycles. The topological polar surface area (TPSA) is 79.6 Å². The van der Waals surface area contributed by atoms with Crippen molar-refractivity contribution in [2.75, 3.05) is 18.6 Å². The van der Waals surface area contributed by atoms with E-state index in [9.17, 15) is 14.0 Å². The van der Waals surface area contributed by atoms with Crippen molar-refractivity contribution in [3.8, 4) is 11.8 Å². The Morgan fingerprint density at radius 3 is 2.71 bits per heavy atom. The lowest BCUT2D eigenvalue weighted by atomic mass is 10.2. The van der Waals surface area contributed by atoms with E-state index in [2.05, 4.69) is 0 Å². The van der Waals surface area contributed by atoms with E-state index in [0.29, 0.717) is 11.4 Å². The summed E-state index contributed by atoms with van der Waals surface area (Å²) >= 11 is 0. The molecule has 7 heteroatoms. The molecule has 6 nitrogen and oxygen atoms in total. The number of carbonyl (C=O) groups excluding carboxylic acids is 2. The Bertz CT molecular complexity index is 658. The fourth-order valence-corrected chi connectivity index (χ4v) is 2.30. The molecule has 0 N–H and O–H groups in total. The summed E-state index contributed by atoms with van der Waals surface area (Å²) in [5.41, 5.74) is 0.484. The number of hydrogen-bond donors (Lipinski definition) is 0. The van der Waals surface area contributed by atoms with Gasteiger partial charge in [-0.25, -0.2) is 4.39 Å². The van der Waals surface area contributed by atoms with Gasteiger partial charge in [0.15, 0.2) is 6.10 Å². The number of esters is 1. The van der Waals surface area contributed by atoms with Crippen LogP contribution in [0.1, 0.15) is 19.8 Å². The third-order valence-corrected chi connectivity index (χ3v) is 3.75. The first-order valence-electron chi connectivity index (χ1n) is 7.65. The van der Waals surface area contributed by atoms with Gasteiger partial charge in [0.25, 0.3) is 5.91 Å². The molecule has 128 valence electrons. The lowest BCUT2D eigenvalue weighted by Gasteiger charge is -2.26. The predicted octanol–water partition coefficient (Wildman–Crippen LogP) is 2.23. The van der Waals surface area contributed by atoms with Crippen molar-refractivity contribution >= 4 is 17.6 Å². The zero-order valence-electron chi connectivity index (χ0n) is 13.6. The van der Waals surface area contributed by atoms with Gasteiger partial charge in [0.05, 0.1) is 31.2 Å². The second-order valence-corrected chi connectivity index (χ2v) is 5.51. The standard InChI is InChI=1S/C17H19FN2O4/c1-11(24-17(22)12-10-13(12)18)16(21)20(9-5-8-19)14-6-3-4-7-15(14)23-2/h3-4,6-7,11-13H,5,9-10H2,1-2H3/t11?,12-,13+/m0/s1. The average molecular weight is 334 g/mol. The number of hydrogen-bond acceptors (Lipinski definition) is 5. The van der Waals surface area contributed by atoms with E-state index in [1.165, 1.54) is 18.9 Å². The van der Waals surface area contributed by atoms with Crippen LogP contribution in [0.2, 0.25) is 0 Å². The van der Waals surface area contributed by atoms with Crippen LogP contribution in [0.3, 0.4) is 0 Å². The van der Waals surface area contributed by atoms with Gasteiger partial charge < -0.3 is 14.4 Å². The van der Waals surface area contributed by atoms with Gasteiger partial charge in [-0.15, -0.1) is 0 Å². The monoisotopic (exact) mass is 334 g/mol. The minimum absolute atomic E-state index is 0.111. The van der Waals surface area contributed by atoms with Gasteiger partial charge in [0, 0.05) is 6.54 Å². The van der Waals surface area contributed by atoms with Gasteiger partial charge in [-0.2, -0.15) is 5.26 Å². The van der Waals surface area contributed by atoms with E-state index >= 15 is 0 Å². The third kappa shape index (κ3) is 4.02. The van der Waals surface area contributed by atoms with Crippen molar-refractivity contribution in [1.29, 1.82) is 5.26 Å². The highest BCUT2D eigenvalue weighted by atomic mass is 19.1. The molecule has 24 heavy (non-hydrogen) atoms. The van der Waals surface area contributed by atoms with Crippen molar-refractivity contribution < 1.29 is 23.5 Å². The number of nitrogens with zero attached hydrogens (tertiary/aromatic N) is 2. The highest BCUT2D eigenvalue weighted by Gasteiger charge is 2.46. The number of rotatable bonds is 7. The quantitative estimate of drug-likeness (QED) is 0.715. The summed E-state index contributed by atoms with van der Waals surface area (Å²) in [6.07, 6.45) is -2.00. The molecule has 1 aliphatic carbocycles. The Hall–Kier alpha value is -2.62. The van der Waals surface area contributed by atoms with Crippen LogP contribution in [0.25, 0.3) is 0 Å². The van der Waals surface area contributed by atoms with E-state index in [0.717, 1.165) is 0 Å². The summed E-state index contributed by atoms with van der Waals surface area (Å²) in [6.45, 7) is 1.57. The number of alkyl halides is 1. The normalized spacial score (nSPS) is 19.8. The predicted molar refractivity (Wildman–Crippen MR) is 84.1 cm³/mol. The summed E-state index contributed by atoms with van der Waals surface area (Å²) in [5, 5.41) is 8.82. The van der Waals surface area contributed by atoms with Crippen molar-refractivity contribution in [1.82, 2.24) is 0 Å². The maximum Gasteiger partial charge on any atom is 0.312 e. The van der Waals surface area contributed by atoms with Crippen LogP contribution in [0, 0.1) is 17.2 Å². The Kier molecular flexibility index (Phi) is 5.74. The van der Waals surface area contributed by atoms with Crippen molar-refractivity contribution in [2.45, 2.75) is 32.0 Å². The van der Waals surface area contributed by atoms with E-state index in [1.54, 1.807) is 24.3 Å². The van der Waals surface area contributed by atoms with Crippen LogP contribution in [-0.4, -0.2) is 37.8 Å². The SMILES string of the molecule is COc1ccccc1N(CCC#N)C(=O)C(C)OC(=O)[C@H]1C[C@H]1F. The summed E-state index contributed by atoms with van der Waals surface area (Å²) in [6, 6.07) is 8.85. The molecular weight excluding hydrogens is 315 g/mol. The van der Waals surface area contributed by atoms with Gasteiger partial charge in [-0.1, -0.05) is 12.1 Å². The van der Waals surface area contributed by atoms with Gasteiger partial charge in [-0.3, -0.25) is 9.59 Å². The molecule has 2 rings (SSSR count). The number of amides is 1. The second-order valence-electron chi connectivity index (χ2n) is 5.51. The van der Waals surface area contributed by atoms with Gasteiger partial charge in [-0.05, 0) is 25.5 Å². The highest BCUT2D eigenvalue weighted by molar-refractivity contribution is 5.98. The molecule has 0 radical (unpaired) electrons. The molecule has 3 atom stereocenters. The number of methoxy groups -OCH3 is 1. The van der Waals surface area contributed by atoms with Crippen LogP contribution in [-0.2, 0) is 14.3 Å². The van der Waals surface area contributed by atoms with E-state index in [-0.39, 0.29) is 19.4 Å². The Morgan fingerprint density at radius 2 is 2.12 bits per heavy atom. The third-order valence-electron chi connectivity index (χ3n) is 3.75. The first kappa shape index (κ1) is 17.7. The Labute approximate surface area is 139 Å². The van der Waals surface area contributed by atoms with Crippen LogP contribution in [0.4, 0.5) is 10.1 Å². The molecular formula is C17H19FN2O4. The first-order chi connectivity index (χ1) is 11.5. The molecule has 1 fully saturated rings. The number of carbonyl (C=O) groups is 2. The zero-order chi connectivity index (χ0) is 17.7. The second kappa shape index (κ2) is 7.77. The van der Waals surface area contributed by atoms with Crippen LogP contribution in [0.15, 0.2) is 24.3 Å². The maximum atomic E-state index is 12.9. The molecule has 1 aromatic carbocycles. The fraction of sp³-hybridized carbons (Fsp3) is 0.471. The average Bonchev–Trinajstić information content (AvgIpc) is 3.32. The number of benzene rings is 1. The molecule has 0 spiro atoms. The van der Waals surface area contributed by atoms with Gasteiger partial charge in [0.2, 0.25) is 0 Å².